The van der Waals surface area contributed by atoms with Crippen LogP contribution in [0, 0.1) is 5.41 Å². The van der Waals surface area contributed by atoms with E-state index in [1.54, 1.807) is 0 Å². The summed E-state index contributed by atoms with van der Waals surface area (Å²) in [5.74, 6) is 0. The number of hydrogen-bond acceptors (Lipinski definition) is 2. The Morgan fingerprint density at radius 2 is 2.06 bits per heavy atom. The van der Waals surface area contributed by atoms with Gasteiger partial charge in [0.15, 0.2) is 0 Å². The Bertz CT molecular complexity index is 335. The van der Waals surface area contributed by atoms with E-state index in [0.717, 1.165) is 0 Å². The zero-order valence-corrected chi connectivity index (χ0v) is 11.2. The lowest BCUT2D eigenvalue weighted by atomic mass is 9.75. The minimum atomic E-state index is 0.412. The number of nitrogens with one attached hydrogen (secondary N) is 1. The van der Waals surface area contributed by atoms with Crippen molar-refractivity contribution in [2.45, 2.75) is 58.5 Å². The lowest BCUT2D eigenvalue weighted by Crippen LogP contribution is -2.37. The summed E-state index contributed by atoms with van der Waals surface area (Å²) >= 11 is 0. The zero-order chi connectivity index (χ0) is 12.3. The molecule has 1 aliphatic rings. The van der Waals surface area contributed by atoms with E-state index in [4.69, 9.17) is 0 Å². The summed E-state index contributed by atoms with van der Waals surface area (Å²) in [6.07, 6.45) is 9.08. The molecule has 1 aromatic rings. The van der Waals surface area contributed by atoms with Crippen LogP contribution in [0.25, 0.3) is 0 Å². The third kappa shape index (κ3) is 3.53. The van der Waals surface area contributed by atoms with E-state index in [-0.39, 0.29) is 0 Å². The third-order valence-corrected chi connectivity index (χ3v) is 4.01. The lowest BCUT2D eigenvalue weighted by Gasteiger charge is -2.36. The van der Waals surface area contributed by atoms with Crippen LogP contribution in [0.4, 0.5) is 0 Å². The van der Waals surface area contributed by atoms with Crippen molar-refractivity contribution in [2.75, 3.05) is 0 Å². The molecule has 1 aliphatic carbocycles. The average molecular weight is 232 g/mol. The molecule has 0 saturated heterocycles. The normalized spacial score (nSPS) is 22.3. The van der Waals surface area contributed by atoms with Crippen molar-refractivity contribution in [1.82, 2.24) is 10.3 Å². The van der Waals surface area contributed by atoms with Crippen LogP contribution < -0.4 is 5.32 Å². The van der Waals surface area contributed by atoms with Gasteiger partial charge in [0.05, 0.1) is 0 Å². The first kappa shape index (κ1) is 12.6. The second-order valence-corrected chi connectivity index (χ2v) is 6.11. The number of aromatic nitrogens is 1. The summed E-state index contributed by atoms with van der Waals surface area (Å²) in [4.78, 5) is 4.18. The highest BCUT2D eigenvalue weighted by molar-refractivity contribution is 5.13. The lowest BCUT2D eigenvalue weighted by molar-refractivity contribution is 0.200. The van der Waals surface area contributed by atoms with Crippen LogP contribution in [0.2, 0.25) is 0 Å². The molecule has 2 nitrogen and oxygen atoms in total. The van der Waals surface area contributed by atoms with Crippen molar-refractivity contribution in [1.29, 1.82) is 0 Å². The molecule has 2 rings (SSSR count). The molecule has 1 N–H and O–H groups in total. The Kier molecular flexibility index (Phi) is 3.82. The Morgan fingerprint density at radius 3 is 2.65 bits per heavy atom. The Morgan fingerprint density at radius 1 is 1.35 bits per heavy atom. The molecule has 0 aromatic carbocycles. The fourth-order valence-corrected chi connectivity index (χ4v) is 2.65. The third-order valence-electron chi connectivity index (χ3n) is 4.01. The predicted molar refractivity (Wildman–Crippen MR) is 71.8 cm³/mol. The summed E-state index contributed by atoms with van der Waals surface area (Å²) in [5.41, 5.74) is 1.84. The van der Waals surface area contributed by atoms with Crippen LogP contribution in [0.1, 0.15) is 58.1 Å². The Hall–Kier alpha value is -0.890. The van der Waals surface area contributed by atoms with Gasteiger partial charge in [-0.15, -0.1) is 0 Å². The van der Waals surface area contributed by atoms with Crippen LogP contribution in [-0.4, -0.2) is 11.0 Å². The Balaban J connectivity index is 1.86. The van der Waals surface area contributed by atoms with Gasteiger partial charge in [-0.2, -0.15) is 0 Å². The summed E-state index contributed by atoms with van der Waals surface area (Å²) in [6, 6.07) is 5.25. The molecule has 1 atom stereocenters. The van der Waals surface area contributed by atoms with Crippen LogP contribution in [0.5, 0.6) is 0 Å². The van der Waals surface area contributed by atoms with Gasteiger partial charge in [-0.1, -0.05) is 19.9 Å². The first-order chi connectivity index (χ1) is 8.07. The largest absolute Gasteiger partial charge is 0.307 e. The highest BCUT2D eigenvalue weighted by Gasteiger charge is 2.27. The van der Waals surface area contributed by atoms with E-state index >= 15 is 0 Å². The molecule has 0 aliphatic heterocycles. The molecule has 0 bridgehead atoms. The SMILES string of the molecule is C[C@@H](NC1CCC(C)(C)CC1)c1cccnc1. The van der Waals surface area contributed by atoms with E-state index in [2.05, 4.69) is 37.1 Å². The van der Waals surface area contributed by atoms with E-state index in [1.165, 1.54) is 31.2 Å². The fourth-order valence-electron chi connectivity index (χ4n) is 2.65. The topological polar surface area (TPSA) is 24.9 Å². The van der Waals surface area contributed by atoms with Crippen molar-refractivity contribution < 1.29 is 0 Å². The summed E-state index contributed by atoms with van der Waals surface area (Å²) < 4.78 is 0. The monoisotopic (exact) mass is 232 g/mol. The molecule has 0 amide bonds. The van der Waals surface area contributed by atoms with Gasteiger partial charge >= 0.3 is 0 Å². The molecule has 1 saturated carbocycles. The fraction of sp³-hybridized carbons (Fsp3) is 0.667. The van der Waals surface area contributed by atoms with Gasteiger partial charge in [0, 0.05) is 24.5 Å². The molecule has 0 spiro atoms. The molecular formula is C15H24N2. The molecule has 94 valence electrons. The number of hydrogen-bond donors (Lipinski definition) is 1. The van der Waals surface area contributed by atoms with Crippen molar-refractivity contribution in [3.05, 3.63) is 30.1 Å². The van der Waals surface area contributed by atoms with E-state index < -0.39 is 0 Å². The maximum atomic E-state index is 4.18. The molecule has 1 aromatic heterocycles. The molecule has 0 radical (unpaired) electrons. The number of nitrogens with zero attached hydrogens (tertiary/aromatic N) is 1. The van der Waals surface area contributed by atoms with Crippen molar-refractivity contribution in [3.63, 3.8) is 0 Å². The van der Waals surface area contributed by atoms with E-state index in [0.29, 0.717) is 17.5 Å². The predicted octanol–water partition coefficient (Wildman–Crippen LogP) is 3.70. The van der Waals surface area contributed by atoms with Crippen molar-refractivity contribution >= 4 is 0 Å². The highest BCUT2D eigenvalue weighted by atomic mass is 14.9. The van der Waals surface area contributed by atoms with E-state index in [9.17, 15) is 0 Å². The molecule has 1 heterocycles. The average Bonchev–Trinajstić information content (AvgIpc) is 2.33. The number of pyridine rings is 1. The minimum Gasteiger partial charge on any atom is -0.307 e. The first-order valence-corrected chi connectivity index (χ1v) is 6.73. The maximum Gasteiger partial charge on any atom is 0.0315 e. The molecular weight excluding hydrogens is 208 g/mol. The van der Waals surface area contributed by atoms with Gasteiger partial charge in [0.1, 0.15) is 0 Å². The molecule has 1 fully saturated rings. The maximum absolute atomic E-state index is 4.18. The second-order valence-electron chi connectivity index (χ2n) is 6.11. The van der Waals surface area contributed by atoms with Crippen LogP contribution in [-0.2, 0) is 0 Å². The van der Waals surface area contributed by atoms with Crippen molar-refractivity contribution in [2.24, 2.45) is 5.41 Å². The van der Waals surface area contributed by atoms with Gasteiger partial charge in [0.25, 0.3) is 0 Å². The van der Waals surface area contributed by atoms with Crippen LogP contribution >= 0.6 is 0 Å². The van der Waals surface area contributed by atoms with Crippen LogP contribution in [0.3, 0.4) is 0 Å². The second kappa shape index (κ2) is 5.18. The molecule has 0 unspecified atom stereocenters. The van der Waals surface area contributed by atoms with Gasteiger partial charge in [0.2, 0.25) is 0 Å². The summed E-state index contributed by atoms with van der Waals surface area (Å²) in [5, 5.41) is 3.73. The minimum absolute atomic E-state index is 0.412. The van der Waals surface area contributed by atoms with Crippen molar-refractivity contribution in [3.8, 4) is 0 Å². The first-order valence-electron chi connectivity index (χ1n) is 6.73. The number of rotatable bonds is 3. The van der Waals surface area contributed by atoms with E-state index in [1.807, 2.05) is 18.5 Å². The highest BCUT2D eigenvalue weighted by Crippen LogP contribution is 2.35. The quantitative estimate of drug-likeness (QED) is 0.859. The summed E-state index contributed by atoms with van der Waals surface area (Å²) in [6.45, 7) is 7.00. The Labute approximate surface area is 105 Å². The smallest absolute Gasteiger partial charge is 0.0315 e. The van der Waals surface area contributed by atoms with Gasteiger partial charge in [-0.25, -0.2) is 0 Å². The van der Waals surface area contributed by atoms with Crippen LogP contribution in [0.15, 0.2) is 24.5 Å². The van der Waals surface area contributed by atoms with Gasteiger partial charge in [-0.05, 0) is 49.7 Å². The zero-order valence-electron chi connectivity index (χ0n) is 11.2. The van der Waals surface area contributed by atoms with Gasteiger partial charge in [-0.3, -0.25) is 4.98 Å². The standard InChI is InChI=1S/C15H24N2/c1-12(13-5-4-10-16-11-13)17-14-6-8-15(2,3)9-7-14/h4-5,10-12,14,17H,6-9H2,1-3H3/t12-/m1/s1. The summed E-state index contributed by atoms with van der Waals surface area (Å²) in [7, 11) is 0. The molecule has 17 heavy (non-hydrogen) atoms. The van der Waals surface area contributed by atoms with Gasteiger partial charge < -0.3 is 5.32 Å². The molecule has 2 heteroatoms.